The minimum atomic E-state index is -0.396. The van der Waals surface area contributed by atoms with Gasteiger partial charge in [0, 0.05) is 0 Å². The Morgan fingerprint density at radius 3 is 2.54 bits per heavy atom. The van der Waals surface area contributed by atoms with Crippen LogP contribution in [0.3, 0.4) is 0 Å². The van der Waals surface area contributed by atoms with E-state index in [1.807, 2.05) is 31.2 Å². The van der Waals surface area contributed by atoms with Crippen molar-refractivity contribution in [1.82, 2.24) is 5.32 Å². The van der Waals surface area contributed by atoms with Crippen LogP contribution in [0.25, 0.3) is 6.08 Å². The SMILES string of the molecule is CCOC(=O)c1ccc(N2C(=O)C(=Cc3ccccc3C)NC2=S)cc1. The Hall–Kier alpha value is -2.99. The molecule has 1 amide bonds. The Morgan fingerprint density at radius 2 is 1.88 bits per heavy atom. The van der Waals surface area contributed by atoms with E-state index in [-0.39, 0.29) is 5.91 Å². The van der Waals surface area contributed by atoms with Crippen molar-refractivity contribution >= 4 is 41.0 Å². The molecule has 26 heavy (non-hydrogen) atoms. The van der Waals surface area contributed by atoms with Gasteiger partial charge in [-0.25, -0.2) is 4.79 Å². The van der Waals surface area contributed by atoms with Crippen molar-refractivity contribution in [1.29, 1.82) is 0 Å². The van der Waals surface area contributed by atoms with Gasteiger partial charge >= 0.3 is 5.97 Å². The van der Waals surface area contributed by atoms with Gasteiger partial charge in [0.25, 0.3) is 5.91 Å². The summed E-state index contributed by atoms with van der Waals surface area (Å²) in [5.74, 6) is -0.630. The van der Waals surface area contributed by atoms with E-state index in [0.717, 1.165) is 11.1 Å². The Kier molecular flexibility index (Phi) is 5.14. The number of anilines is 1. The van der Waals surface area contributed by atoms with Gasteiger partial charge in [0.2, 0.25) is 0 Å². The number of aryl methyl sites for hydroxylation is 1. The number of ether oxygens (including phenoxy) is 1. The number of hydrogen-bond acceptors (Lipinski definition) is 4. The van der Waals surface area contributed by atoms with E-state index in [0.29, 0.717) is 28.7 Å². The lowest BCUT2D eigenvalue weighted by Gasteiger charge is -2.14. The van der Waals surface area contributed by atoms with E-state index in [9.17, 15) is 9.59 Å². The zero-order chi connectivity index (χ0) is 18.7. The maximum atomic E-state index is 12.8. The lowest BCUT2D eigenvalue weighted by Crippen LogP contribution is -2.30. The Labute approximate surface area is 157 Å². The first-order chi connectivity index (χ1) is 12.5. The smallest absolute Gasteiger partial charge is 0.338 e. The number of carbonyl (C=O) groups excluding carboxylic acids is 2. The van der Waals surface area contributed by atoms with Crippen LogP contribution in [-0.4, -0.2) is 23.6 Å². The van der Waals surface area contributed by atoms with Gasteiger partial charge in [-0.05, 0) is 67.5 Å². The first-order valence-corrected chi connectivity index (χ1v) is 8.62. The van der Waals surface area contributed by atoms with Crippen molar-refractivity contribution in [2.45, 2.75) is 13.8 Å². The van der Waals surface area contributed by atoms with E-state index >= 15 is 0 Å². The van der Waals surface area contributed by atoms with Gasteiger partial charge in [0.05, 0.1) is 17.9 Å². The van der Waals surface area contributed by atoms with Crippen LogP contribution in [0.5, 0.6) is 0 Å². The van der Waals surface area contributed by atoms with Crippen molar-refractivity contribution in [3.05, 3.63) is 70.9 Å². The monoisotopic (exact) mass is 366 g/mol. The van der Waals surface area contributed by atoms with Gasteiger partial charge in [-0.15, -0.1) is 0 Å². The molecule has 1 heterocycles. The molecule has 0 bridgehead atoms. The molecule has 1 aliphatic heterocycles. The fourth-order valence-electron chi connectivity index (χ4n) is 2.63. The Morgan fingerprint density at radius 1 is 1.19 bits per heavy atom. The third kappa shape index (κ3) is 3.50. The molecular weight excluding hydrogens is 348 g/mol. The highest BCUT2D eigenvalue weighted by Gasteiger charge is 2.32. The molecule has 1 fully saturated rings. The zero-order valence-corrected chi connectivity index (χ0v) is 15.3. The number of esters is 1. The highest BCUT2D eigenvalue weighted by Crippen LogP contribution is 2.23. The van der Waals surface area contributed by atoms with Crippen molar-refractivity contribution in [2.24, 2.45) is 0 Å². The molecule has 0 radical (unpaired) electrons. The number of hydrogen-bond donors (Lipinski definition) is 1. The standard InChI is InChI=1S/C20H18N2O3S/c1-3-25-19(24)14-8-10-16(11-9-14)22-18(23)17(21-20(22)26)12-15-7-5-4-6-13(15)2/h4-12H,3H2,1-2H3,(H,21,26). The Bertz CT molecular complexity index is 904. The van der Waals surface area contributed by atoms with E-state index in [1.165, 1.54) is 4.90 Å². The summed E-state index contributed by atoms with van der Waals surface area (Å²) in [4.78, 5) is 25.9. The van der Waals surface area contributed by atoms with Crippen LogP contribution < -0.4 is 10.2 Å². The third-order valence-corrected chi connectivity index (χ3v) is 4.29. The summed E-state index contributed by atoms with van der Waals surface area (Å²) in [5, 5.41) is 3.27. The van der Waals surface area contributed by atoms with E-state index < -0.39 is 5.97 Å². The summed E-state index contributed by atoms with van der Waals surface area (Å²) >= 11 is 5.31. The molecule has 0 saturated carbocycles. The first kappa shape index (κ1) is 17.8. The molecule has 1 aliphatic rings. The summed E-state index contributed by atoms with van der Waals surface area (Å²) in [6.07, 6.45) is 1.79. The molecule has 0 aliphatic carbocycles. The van der Waals surface area contributed by atoms with Crippen molar-refractivity contribution < 1.29 is 14.3 Å². The van der Waals surface area contributed by atoms with Crippen LogP contribution in [0.1, 0.15) is 28.4 Å². The number of benzene rings is 2. The largest absolute Gasteiger partial charge is 0.462 e. The van der Waals surface area contributed by atoms with Gasteiger partial charge in [0.15, 0.2) is 5.11 Å². The van der Waals surface area contributed by atoms with Crippen molar-refractivity contribution in [2.75, 3.05) is 11.5 Å². The van der Waals surface area contributed by atoms with Crippen molar-refractivity contribution in [3.63, 3.8) is 0 Å². The van der Waals surface area contributed by atoms with Gasteiger partial charge in [0.1, 0.15) is 5.70 Å². The molecule has 0 atom stereocenters. The van der Waals surface area contributed by atoms with Crippen LogP contribution in [-0.2, 0) is 9.53 Å². The molecular formula is C20H18N2O3S. The van der Waals surface area contributed by atoms with Crippen molar-refractivity contribution in [3.8, 4) is 0 Å². The molecule has 0 aromatic heterocycles. The minimum absolute atomic E-state index is 0.234. The molecule has 2 aromatic rings. The summed E-state index contributed by atoms with van der Waals surface area (Å²) in [5.41, 5.74) is 3.45. The average Bonchev–Trinajstić information content (AvgIpc) is 2.91. The van der Waals surface area contributed by atoms with Crippen LogP contribution in [0.15, 0.2) is 54.2 Å². The molecule has 132 valence electrons. The highest BCUT2D eigenvalue weighted by molar-refractivity contribution is 7.80. The topological polar surface area (TPSA) is 58.6 Å². The van der Waals surface area contributed by atoms with E-state index in [4.69, 9.17) is 17.0 Å². The van der Waals surface area contributed by atoms with Gasteiger partial charge in [-0.2, -0.15) is 0 Å². The molecule has 5 nitrogen and oxygen atoms in total. The second-order valence-corrected chi connectivity index (χ2v) is 6.14. The fourth-order valence-corrected chi connectivity index (χ4v) is 2.93. The number of amides is 1. The minimum Gasteiger partial charge on any atom is -0.462 e. The number of rotatable bonds is 4. The normalized spacial score (nSPS) is 15.3. The van der Waals surface area contributed by atoms with Crippen LogP contribution >= 0.6 is 12.2 Å². The number of nitrogens with one attached hydrogen (secondary N) is 1. The summed E-state index contributed by atoms with van der Waals surface area (Å²) in [6, 6.07) is 14.4. The summed E-state index contributed by atoms with van der Waals surface area (Å²) < 4.78 is 4.96. The number of nitrogens with zero attached hydrogens (tertiary/aromatic N) is 1. The van der Waals surface area contributed by atoms with Crippen LogP contribution in [0.2, 0.25) is 0 Å². The van der Waals surface area contributed by atoms with E-state index in [2.05, 4.69) is 5.32 Å². The second kappa shape index (κ2) is 7.49. The van der Waals surface area contributed by atoms with Crippen LogP contribution in [0, 0.1) is 6.92 Å². The van der Waals surface area contributed by atoms with Gasteiger partial charge in [-0.1, -0.05) is 24.3 Å². The highest BCUT2D eigenvalue weighted by atomic mass is 32.1. The summed E-state index contributed by atoms with van der Waals surface area (Å²) in [7, 11) is 0. The predicted molar refractivity (Wildman–Crippen MR) is 105 cm³/mol. The lowest BCUT2D eigenvalue weighted by molar-refractivity contribution is -0.113. The van der Waals surface area contributed by atoms with Gasteiger partial charge in [-0.3, -0.25) is 9.69 Å². The maximum absolute atomic E-state index is 12.8. The quantitative estimate of drug-likeness (QED) is 0.510. The Balaban J connectivity index is 1.85. The second-order valence-electron chi connectivity index (χ2n) is 5.75. The molecule has 3 rings (SSSR count). The number of thiocarbonyl (C=S) groups is 1. The lowest BCUT2D eigenvalue weighted by atomic mass is 10.1. The average molecular weight is 366 g/mol. The fraction of sp³-hybridized carbons (Fsp3) is 0.150. The van der Waals surface area contributed by atoms with E-state index in [1.54, 1.807) is 37.3 Å². The molecule has 1 N–H and O–H groups in total. The third-order valence-electron chi connectivity index (χ3n) is 4.00. The molecule has 2 aromatic carbocycles. The van der Waals surface area contributed by atoms with Crippen LogP contribution in [0.4, 0.5) is 5.69 Å². The number of carbonyl (C=O) groups is 2. The summed E-state index contributed by atoms with van der Waals surface area (Å²) in [6.45, 7) is 4.05. The predicted octanol–water partition coefficient (Wildman–Crippen LogP) is 3.43. The maximum Gasteiger partial charge on any atom is 0.338 e. The molecule has 0 unspecified atom stereocenters. The molecule has 6 heteroatoms. The zero-order valence-electron chi connectivity index (χ0n) is 14.5. The first-order valence-electron chi connectivity index (χ1n) is 8.21. The molecule has 0 spiro atoms. The van der Waals surface area contributed by atoms with Gasteiger partial charge < -0.3 is 10.1 Å². The molecule has 1 saturated heterocycles.